The smallest absolute Gasteiger partial charge is 0.404 e. The van der Waals surface area contributed by atoms with Gasteiger partial charge in [0, 0.05) is 13.1 Å². The van der Waals surface area contributed by atoms with Crippen molar-refractivity contribution in [1.82, 2.24) is 15.2 Å². The van der Waals surface area contributed by atoms with Crippen LogP contribution in [0.3, 0.4) is 0 Å². The van der Waals surface area contributed by atoms with Crippen molar-refractivity contribution in [1.29, 1.82) is 0 Å². The minimum absolute atomic E-state index is 0.106. The van der Waals surface area contributed by atoms with E-state index < -0.39 is 42.0 Å². The Bertz CT molecular complexity index is 1140. The average Bonchev–Trinajstić information content (AvgIpc) is 3.08. The first-order chi connectivity index (χ1) is 16.1. The summed E-state index contributed by atoms with van der Waals surface area (Å²) < 4.78 is 29.2. The summed E-state index contributed by atoms with van der Waals surface area (Å²) in [5, 5.41) is 2.70. The maximum Gasteiger partial charge on any atom is 0.404 e. The molecule has 0 bridgehead atoms. The van der Waals surface area contributed by atoms with Gasteiger partial charge in [-0.2, -0.15) is 4.39 Å². The van der Waals surface area contributed by atoms with Gasteiger partial charge in [-0.1, -0.05) is 6.07 Å². The average molecular weight is 472 g/mol. The number of nitrogens with one attached hydrogen (secondary N) is 1. The fourth-order valence-corrected chi connectivity index (χ4v) is 4.06. The van der Waals surface area contributed by atoms with Gasteiger partial charge in [-0.05, 0) is 55.7 Å². The Labute approximate surface area is 195 Å². The molecule has 2 aliphatic rings. The van der Waals surface area contributed by atoms with Gasteiger partial charge in [-0.15, -0.1) is 0 Å². The number of carbonyl (C=O) groups excluding carboxylic acids is 3. The van der Waals surface area contributed by atoms with Crippen molar-refractivity contribution in [3.05, 3.63) is 47.7 Å². The second kappa shape index (κ2) is 8.81. The van der Waals surface area contributed by atoms with Crippen LogP contribution >= 0.6 is 0 Å². The molecule has 180 valence electrons. The molecule has 3 unspecified atom stereocenters. The lowest BCUT2D eigenvalue weighted by atomic mass is 9.82. The molecular weight excluding hydrogens is 447 g/mol. The van der Waals surface area contributed by atoms with Gasteiger partial charge in [-0.25, -0.2) is 19.5 Å². The molecule has 3 heterocycles. The van der Waals surface area contributed by atoms with Gasteiger partial charge in [0.05, 0.1) is 18.6 Å². The summed E-state index contributed by atoms with van der Waals surface area (Å²) in [5.41, 5.74) is 7.02. The van der Waals surface area contributed by atoms with Gasteiger partial charge in [0.1, 0.15) is 5.82 Å². The van der Waals surface area contributed by atoms with Crippen LogP contribution in [0, 0.1) is 5.92 Å². The zero-order valence-corrected chi connectivity index (χ0v) is 18.9. The number of nitrogens with zero attached hydrogens (tertiary/aromatic N) is 2. The lowest BCUT2D eigenvalue weighted by Gasteiger charge is -2.44. The maximum atomic E-state index is 13.9. The summed E-state index contributed by atoms with van der Waals surface area (Å²) in [6, 6.07) is 3.37. The number of pyridine rings is 1. The van der Waals surface area contributed by atoms with E-state index in [2.05, 4.69) is 10.3 Å². The number of esters is 1. The zero-order valence-electron chi connectivity index (χ0n) is 18.9. The lowest BCUT2D eigenvalue weighted by molar-refractivity contribution is -0.173. The van der Waals surface area contributed by atoms with Crippen LogP contribution in [0.4, 0.5) is 15.0 Å². The number of rotatable bonds is 6. The number of imide groups is 1. The van der Waals surface area contributed by atoms with Crippen molar-refractivity contribution < 1.29 is 33.0 Å². The Balaban J connectivity index is 1.48. The summed E-state index contributed by atoms with van der Waals surface area (Å²) in [5.74, 6) is -1.21. The first-order valence-electron chi connectivity index (χ1n) is 10.8. The minimum atomic E-state index is -2.27. The number of nitrogen functional groups attached to an aromatic ring is 1. The minimum Gasteiger partial charge on any atom is -0.464 e. The van der Waals surface area contributed by atoms with E-state index in [0.29, 0.717) is 11.1 Å². The highest BCUT2D eigenvalue weighted by Gasteiger charge is 2.55. The van der Waals surface area contributed by atoms with Crippen molar-refractivity contribution in [3.63, 3.8) is 0 Å². The van der Waals surface area contributed by atoms with E-state index in [1.165, 1.54) is 12.3 Å². The van der Waals surface area contributed by atoms with Gasteiger partial charge in [0.2, 0.25) is 5.91 Å². The molecule has 1 aromatic heterocycles. The maximum absolute atomic E-state index is 13.9. The molecule has 4 atom stereocenters. The Morgan fingerprint density at radius 1 is 1.29 bits per heavy atom. The Morgan fingerprint density at radius 2 is 2.03 bits per heavy atom. The van der Waals surface area contributed by atoms with Crippen LogP contribution in [0.2, 0.25) is 0 Å². The topological polar surface area (TPSA) is 133 Å². The van der Waals surface area contributed by atoms with E-state index in [9.17, 15) is 18.8 Å². The second-order valence-electron chi connectivity index (χ2n) is 8.22. The van der Waals surface area contributed by atoms with E-state index in [0.717, 1.165) is 11.8 Å². The molecule has 1 saturated heterocycles. The first-order valence-corrected chi connectivity index (χ1v) is 10.8. The van der Waals surface area contributed by atoms with Crippen molar-refractivity contribution in [2.24, 2.45) is 5.92 Å². The van der Waals surface area contributed by atoms with E-state index >= 15 is 0 Å². The predicted molar refractivity (Wildman–Crippen MR) is 117 cm³/mol. The van der Waals surface area contributed by atoms with Gasteiger partial charge in [0.25, 0.3) is 0 Å². The highest BCUT2D eigenvalue weighted by molar-refractivity contribution is 6.08. The molecule has 34 heavy (non-hydrogen) atoms. The number of anilines is 1. The monoisotopic (exact) mass is 472 g/mol. The number of urea groups is 1. The Kier molecular flexibility index (Phi) is 6.03. The molecule has 2 aliphatic heterocycles. The van der Waals surface area contributed by atoms with Crippen LogP contribution < -0.4 is 20.5 Å². The van der Waals surface area contributed by atoms with Crippen LogP contribution in [-0.4, -0.2) is 46.5 Å². The summed E-state index contributed by atoms with van der Waals surface area (Å²) in [6.07, 6.45) is 1.72. The van der Waals surface area contributed by atoms with Crippen LogP contribution in [0.15, 0.2) is 36.5 Å². The molecule has 1 fully saturated rings. The third-order valence-corrected chi connectivity index (χ3v) is 5.65. The van der Waals surface area contributed by atoms with Crippen LogP contribution in [0.1, 0.15) is 37.9 Å². The van der Waals surface area contributed by atoms with E-state index in [4.69, 9.17) is 19.9 Å². The van der Waals surface area contributed by atoms with Crippen molar-refractivity contribution in [3.8, 4) is 11.5 Å². The molecule has 3 N–H and O–H groups in total. The van der Waals surface area contributed by atoms with Crippen molar-refractivity contribution in [2.75, 3.05) is 12.3 Å². The molecule has 1 aromatic carbocycles. The number of nitrogens with two attached hydrogens (primary N) is 1. The molecule has 2 aromatic rings. The lowest BCUT2D eigenvalue weighted by Crippen LogP contribution is -2.69. The first kappa shape index (κ1) is 23.3. The van der Waals surface area contributed by atoms with Crippen LogP contribution in [0.5, 0.6) is 11.5 Å². The molecule has 3 amide bonds. The number of fused-ring (bicyclic) bond motifs is 1. The fourth-order valence-electron chi connectivity index (χ4n) is 4.06. The van der Waals surface area contributed by atoms with Crippen molar-refractivity contribution >= 4 is 23.7 Å². The van der Waals surface area contributed by atoms with Gasteiger partial charge in [0.15, 0.2) is 17.5 Å². The molecule has 0 aliphatic carbocycles. The molecule has 0 radical (unpaired) electrons. The number of amides is 3. The molecule has 0 spiro atoms. The number of β-lactam (4-membered cyclic amide) rings is 1. The number of hydrogen-bond donors (Lipinski definition) is 2. The van der Waals surface area contributed by atoms with Crippen LogP contribution in [0.25, 0.3) is 0 Å². The standard InChI is InChI=1S/C23H25FN4O6/c1-4-32-21(30)19-15(9-13-7-8-26-18(25)10-13)20(29)28(19)22(31)27-12(2)14-5-6-16-17(11-14)34-23(3,24)33-16/h5-8,10-12,15,19H,4,9H2,1-3H3,(H2,25,26)(H,27,31)/t12?,15?,19-,23?/m0/s1. The number of aromatic nitrogens is 1. The molecule has 4 rings (SSSR count). The summed E-state index contributed by atoms with van der Waals surface area (Å²) in [6.45, 7) is 4.57. The Morgan fingerprint density at radius 3 is 2.74 bits per heavy atom. The summed E-state index contributed by atoms with van der Waals surface area (Å²) >= 11 is 0. The Hall–Kier alpha value is -3.89. The van der Waals surface area contributed by atoms with Crippen LogP contribution in [-0.2, 0) is 20.7 Å². The highest BCUT2D eigenvalue weighted by atomic mass is 19.2. The zero-order chi connectivity index (χ0) is 24.6. The quantitative estimate of drug-likeness (QED) is 0.484. The number of alkyl halides is 1. The van der Waals surface area contributed by atoms with Crippen molar-refractivity contribution in [2.45, 2.75) is 45.3 Å². The number of ether oxygens (including phenoxy) is 3. The van der Waals surface area contributed by atoms with Gasteiger partial charge in [-0.3, -0.25) is 4.79 Å². The summed E-state index contributed by atoms with van der Waals surface area (Å²) in [7, 11) is 0. The summed E-state index contributed by atoms with van der Waals surface area (Å²) in [4.78, 5) is 43.2. The molecular formula is C23H25FN4O6. The largest absolute Gasteiger partial charge is 0.464 e. The normalized spacial score (nSPS) is 23.8. The third-order valence-electron chi connectivity index (χ3n) is 5.65. The number of hydrogen-bond acceptors (Lipinski definition) is 8. The number of carbonyl (C=O) groups is 3. The fraction of sp³-hybridized carbons (Fsp3) is 0.391. The second-order valence-corrected chi connectivity index (χ2v) is 8.22. The molecule has 11 heteroatoms. The van der Waals surface area contributed by atoms with Gasteiger partial charge >= 0.3 is 18.0 Å². The number of halogens is 1. The number of likely N-dealkylation sites (tertiary alicyclic amines) is 1. The SMILES string of the molecule is CCOC(=O)[C@@H]1C(Cc2ccnc(N)c2)C(=O)N1C(=O)NC(C)c1ccc2c(c1)OC(C)(F)O2. The predicted octanol–water partition coefficient (Wildman–Crippen LogP) is 2.48. The number of benzene rings is 1. The van der Waals surface area contributed by atoms with E-state index in [1.54, 1.807) is 38.1 Å². The third kappa shape index (κ3) is 4.45. The van der Waals surface area contributed by atoms with E-state index in [-0.39, 0.29) is 30.3 Å². The molecule has 10 nitrogen and oxygen atoms in total. The van der Waals surface area contributed by atoms with E-state index in [1.807, 2.05) is 0 Å². The molecule has 0 saturated carbocycles. The van der Waals surface area contributed by atoms with Gasteiger partial charge < -0.3 is 25.3 Å². The highest BCUT2D eigenvalue weighted by Crippen LogP contribution is 2.41.